The third kappa shape index (κ3) is 2.00. The first kappa shape index (κ1) is 14.8. The van der Waals surface area contributed by atoms with Crippen molar-refractivity contribution in [3.8, 4) is 11.3 Å². The van der Waals surface area contributed by atoms with Crippen LogP contribution in [0.5, 0.6) is 0 Å². The quantitative estimate of drug-likeness (QED) is 0.469. The molecule has 1 atom stereocenters. The van der Waals surface area contributed by atoms with Crippen LogP contribution in [0.15, 0.2) is 42.6 Å². The Morgan fingerprint density at radius 1 is 1.04 bits per heavy atom. The summed E-state index contributed by atoms with van der Waals surface area (Å²) in [5, 5.41) is 5.97. The minimum Gasteiger partial charge on any atom is -0.200 e. The van der Waals surface area contributed by atoms with Crippen LogP contribution in [0.3, 0.4) is 0 Å². The Balaban J connectivity index is 2.25. The SMILES string of the molecule is Cc1ccc2cccc3c2c1-c1c(c(C(C)C)cc[n+]1C)P3C. The molecule has 4 rings (SSSR count). The fourth-order valence-electron chi connectivity index (χ4n) is 3.93. The summed E-state index contributed by atoms with van der Waals surface area (Å²) in [6.45, 7) is 9.31. The number of rotatable bonds is 1. The predicted octanol–water partition coefficient (Wildman–Crippen LogP) is 4.14. The van der Waals surface area contributed by atoms with Gasteiger partial charge in [0.1, 0.15) is 7.05 Å². The van der Waals surface area contributed by atoms with Crippen LogP contribution in [0, 0.1) is 6.92 Å². The summed E-state index contributed by atoms with van der Waals surface area (Å²) in [5.41, 5.74) is 5.77. The Kier molecular flexibility index (Phi) is 3.32. The lowest BCUT2D eigenvalue weighted by molar-refractivity contribution is -0.659. The Hall–Kier alpha value is -1.72. The van der Waals surface area contributed by atoms with Crippen molar-refractivity contribution in [1.29, 1.82) is 0 Å². The summed E-state index contributed by atoms with van der Waals surface area (Å²) in [5.74, 6) is 0.555. The van der Waals surface area contributed by atoms with Gasteiger partial charge in [-0.05, 0) is 49.2 Å². The van der Waals surface area contributed by atoms with Crippen molar-refractivity contribution >= 4 is 29.3 Å². The van der Waals surface area contributed by atoms with E-state index in [1.807, 2.05) is 0 Å². The maximum Gasteiger partial charge on any atom is 0.221 e. The maximum atomic E-state index is 2.43. The fourth-order valence-corrected chi connectivity index (χ4v) is 6.37. The van der Waals surface area contributed by atoms with Gasteiger partial charge in [-0.1, -0.05) is 44.2 Å². The van der Waals surface area contributed by atoms with Gasteiger partial charge in [0.25, 0.3) is 0 Å². The highest BCUT2D eigenvalue weighted by Gasteiger charge is 2.33. The summed E-state index contributed by atoms with van der Waals surface area (Å²) in [7, 11) is 1.88. The lowest BCUT2D eigenvalue weighted by Gasteiger charge is -2.28. The molecule has 1 aromatic heterocycles. The normalized spacial score (nSPS) is 16.0. The van der Waals surface area contributed by atoms with Crippen molar-refractivity contribution in [3.05, 3.63) is 53.7 Å². The highest BCUT2D eigenvalue weighted by Crippen LogP contribution is 2.45. The van der Waals surface area contributed by atoms with Gasteiger partial charge in [0, 0.05) is 11.5 Å². The number of fused-ring (bicyclic) bond motifs is 2. The van der Waals surface area contributed by atoms with Gasteiger partial charge in [-0.25, -0.2) is 4.57 Å². The van der Waals surface area contributed by atoms with Crippen molar-refractivity contribution in [3.63, 3.8) is 0 Å². The second-order valence-electron chi connectivity index (χ2n) is 6.93. The van der Waals surface area contributed by atoms with Gasteiger partial charge < -0.3 is 0 Å². The average molecular weight is 320 g/mol. The monoisotopic (exact) mass is 320 g/mol. The number of benzene rings is 2. The van der Waals surface area contributed by atoms with Crippen molar-refractivity contribution in [1.82, 2.24) is 0 Å². The molecule has 0 N–H and O–H groups in total. The Bertz CT molecular complexity index is 940. The molecule has 0 bridgehead atoms. The zero-order chi connectivity index (χ0) is 16.3. The third-order valence-corrected chi connectivity index (χ3v) is 7.35. The lowest BCUT2D eigenvalue weighted by Crippen LogP contribution is -2.40. The summed E-state index contributed by atoms with van der Waals surface area (Å²) in [6.07, 6.45) is 2.24. The molecule has 1 aliphatic heterocycles. The van der Waals surface area contributed by atoms with Gasteiger partial charge in [0.05, 0.1) is 10.9 Å². The molecular formula is C21H23NP+. The summed E-state index contributed by atoms with van der Waals surface area (Å²) < 4.78 is 2.33. The number of nitrogens with zero attached hydrogens (tertiary/aromatic N) is 1. The van der Waals surface area contributed by atoms with Crippen LogP contribution in [0.25, 0.3) is 22.0 Å². The van der Waals surface area contributed by atoms with Crippen molar-refractivity contribution in [2.45, 2.75) is 26.7 Å². The Labute approximate surface area is 139 Å². The zero-order valence-electron chi connectivity index (χ0n) is 14.5. The fraction of sp³-hybridized carbons (Fsp3) is 0.286. The smallest absolute Gasteiger partial charge is 0.200 e. The van der Waals surface area contributed by atoms with Crippen molar-refractivity contribution < 1.29 is 4.57 Å². The van der Waals surface area contributed by atoms with Gasteiger partial charge in [-0.15, -0.1) is 0 Å². The summed E-state index contributed by atoms with van der Waals surface area (Å²) >= 11 is 0. The van der Waals surface area contributed by atoms with Gasteiger partial charge >= 0.3 is 0 Å². The van der Waals surface area contributed by atoms with E-state index in [4.69, 9.17) is 0 Å². The Morgan fingerprint density at radius 3 is 2.57 bits per heavy atom. The first-order valence-electron chi connectivity index (χ1n) is 8.29. The standard InChI is InChI=1S/C21H23NP/c1-13(2)16-11-12-22(4)20-18-14(3)9-10-15-7-6-8-17(19(15)18)23(5)21(16)20/h6-13H,1-5H3/q+1. The second-order valence-corrected chi connectivity index (χ2v) is 8.97. The van der Waals surface area contributed by atoms with Crippen LogP contribution >= 0.6 is 7.92 Å². The topological polar surface area (TPSA) is 3.88 Å². The van der Waals surface area contributed by atoms with E-state index >= 15 is 0 Å². The molecular weight excluding hydrogens is 297 g/mol. The van der Waals surface area contributed by atoms with Crippen LogP contribution in [0.1, 0.15) is 30.9 Å². The molecule has 3 aromatic rings. The van der Waals surface area contributed by atoms with E-state index in [1.54, 1.807) is 5.30 Å². The molecule has 0 radical (unpaired) electrons. The van der Waals surface area contributed by atoms with E-state index in [-0.39, 0.29) is 7.92 Å². The molecule has 0 saturated carbocycles. The van der Waals surface area contributed by atoms with Crippen molar-refractivity contribution in [2.75, 3.05) is 6.66 Å². The number of pyridine rings is 1. The molecule has 2 heterocycles. The van der Waals surface area contributed by atoms with Crippen LogP contribution < -0.4 is 15.2 Å². The molecule has 0 amide bonds. The first-order chi connectivity index (χ1) is 11.0. The van der Waals surface area contributed by atoms with Crippen molar-refractivity contribution in [2.24, 2.45) is 7.05 Å². The molecule has 1 nitrogen and oxygen atoms in total. The molecule has 0 saturated heterocycles. The van der Waals surface area contributed by atoms with E-state index in [2.05, 4.69) is 81.6 Å². The Morgan fingerprint density at radius 2 is 1.83 bits per heavy atom. The number of hydrogen-bond acceptors (Lipinski definition) is 0. The van der Waals surface area contributed by atoms with Crippen LogP contribution in [0.2, 0.25) is 0 Å². The summed E-state index contributed by atoms with van der Waals surface area (Å²) in [4.78, 5) is 0. The minimum absolute atomic E-state index is 0.315. The zero-order valence-corrected chi connectivity index (χ0v) is 15.4. The van der Waals surface area contributed by atoms with E-state index in [0.717, 1.165) is 0 Å². The average Bonchev–Trinajstić information content (AvgIpc) is 2.53. The molecule has 2 heteroatoms. The molecule has 0 fully saturated rings. The van der Waals surface area contributed by atoms with E-state index in [0.29, 0.717) is 5.92 Å². The van der Waals surface area contributed by atoms with Crippen LogP contribution in [-0.4, -0.2) is 6.66 Å². The van der Waals surface area contributed by atoms with Crippen LogP contribution in [0.4, 0.5) is 0 Å². The molecule has 23 heavy (non-hydrogen) atoms. The minimum atomic E-state index is -0.315. The highest BCUT2D eigenvalue weighted by molar-refractivity contribution is 7.73. The second kappa shape index (κ2) is 5.14. The van der Waals surface area contributed by atoms with Gasteiger partial charge in [0.2, 0.25) is 5.69 Å². The maximum absolute atomic E-state index is 2.43. The largest absolute Gasteiger partial charge is 0.221 e. The molecule has 1 unspecified atom stereocenters. The van der Waals surface area contributed by atoms with Gasteiger partial charge in [0.15, 0.2) is 6.20 Å². The molecule has 0 aliphatic carbocycles. The number of aryl methyl sites for hydroxylation is 2. The van der Waals surface area contributed by atoms with Gasteiger partial charge in [-0.3, -0.25) is 0 Å². The van der Waals surface area contributed by atoms with E-state index in [9.17, 15) is 0 Å². The molecule has 1 aliphatic rings. The number of aromatic nitrogens is 1. The molecule has 0 spiro atoms. The van der Waals surface area contributed by atoms with E-state index in [1.165, 1.54) is 38.5 Å². The molecule has 116 valence electrons. The predicted molar refractivity (Wildman–Crippen MR) is 101 cm³/mol. The summed E-state index contributed by atoms with van der Waals surface area (Å²) in [6, 6.07) is 13.7. The lowest BCUT2D eigenvalue weighted by atomic mass is 9.93. The van der Waals surface area contributed by atoms with Gasteiger partial charge in [-0.2, -0.15) is 0 Å². The number of hydrogen-bond donors (Lipinski definition) is 0. The van der Waals surface area contributed by atoms with Crippen LogP contribution in [-0.2, 0) is 7.05 Å². The van der Waals surface area contributed by atoms with E-state index < -0.39 is 0 Å². The highest BCUT2D eigenvalue weighted by atomic mass is 31.1. The first-order valence-corrected chi connectivity index (χ1v) is 10.1. The third-order valence-electron chi connectivity index (χ3n) is 5.12. The molecule has 2 aromatic carbocycles.